The second kappa shape index (κ2) is 5.55. The highest BCUT2D eigenvalue weighted by Gasteiger charge is 2.08. The van der Waals surface area contributed by atoms with Crippen LogP contribution in [0.5, 0.6) is 0 Å². The Morgan fingerprint density at radius 1 is 1.06 bits per heavy atom. The average Bonchev–Trinajstić information content (AvgIpc) is 2.30. The Hall–Kier alpha value is -1.31. The first-order valence-electron chi connectivity index (χ1n) is 5.66. The maximum Gasteiger partial charge on any atom is 0.0733 e. The summed E-state index contributed by atoms with van der Waals surface area (Å²) in [4.78, 5) is 4.43. The molecular formula is C15H13Cl2N. The van der Waals surface area contributed by atoms with E-state index in [1.165, 1.54) is 0 Å². The van der Waals surface area contributed by atoms with Crippen molar-refractivity contribution in [1.29, 1.82) is 0 Å². The van der Waals surface area contributed by atoms with E-state index in [9.17, 15) is 0 Å². The van der Waals surface area contributed by atoms with Gasteiger partial charge in [-0.2, -0.15) is 0 Å². The van der Waals surface area contributed by atoms with Crippen LogP contribution in [0.25, 0.3) is 11.1 Å². The summed E-state index contributed by atoms with van der Waals surface area (Å²) >= 11 is 12.1. The Balaban J connectivity index is 2.66. The number of hydrogen-bond acceptors (Lipinski definition) is 1. The Morgan fingerprint density at radius 2 is 1.72 bits per heavy atom. The first kappa shape index (κ1) is 13.1. The summed E-state index contributed by atoms with van der Waals surface area (Å²) < 4.78 is 0. The molecule has 0 aliphatic heterocycles. The van der Waals surface area contributed by atoms with Crippen molar-refractivity contribution in [3.63, 3.8) is 0 Å². The molecule has 3 heteroatoms. The van der Waals surface area contributed by atoms with Crippen LogP contribution in [0.4, 0.5) is 5.69 Å². The average molecular weight is 278 g/mol. The van der Waals surface area contributed by atoms with Crippen molar-refractivity contribution in [2.24, 2.45) is 4.99 Å². The molecule has 2 rings (SSSR count). The molecular weight excluding hydrogens is 265 g/mol. The second-order valence-electron chi connectivity index (χ2n) is 4.02. The molecule has 0 spiro atoms. The normalized spacial score (nSPS) is 11.1. The summed E-state index contributed by atoms with van der Waals surface area (Å²) in [7, 11) is 0. The van der Waals surface area contributed by atoms with E-state index < -0.39 is 0 Å². The monoisotopic (exact) mass is 277 g/mol. The van der Waals surface area contributed by atoms with Crippen molar-refractivity contribution in [3.05, 3.63) is 52.0 Å². The standard InChI is InChI=1S/C15H13Cl2N/c1-3-18-15-10(2)5-4-6-14(15)11-7-12(16)9-13(17)8-11/h3-9H,1-2H3. The quantitative estimate of drug-likeness (QED) is 0.625. The molecule has 0 fully saturated rings. The molecule has 0 unspecified atom stereocenters. The molecule has 0 saturated heterocycles. The highest BCUT2D eigenvalue weighted by Crippen LogP contribution is 2.35. The van der Waals surface area contributed by atoms with Crippen LogP contribution in [0.1, 0.15) is 12.5 Å². The lowest BCUT2D eigenvalue weighted by molar-refractivity contribution is 1.40. The van der Waals surface area contributed by atoms with Gasteiger partial charge >= 0.3 is 0 Å². The topological polar surface area (TPSA) is 12.4 Å². The van der Waals surface area contributed by atoms with Crippen LogP contribution in [0.15, 0.2) is 41.4 Å². The van der Waals surface area contributed by atoms with E-state index in [2.05, 4.69) is 4.99 Å². The van der Waals surface area contributed by atoms with E-state index in [-0.39, 0.29) is 0 Å². The molecule has 0 heterocycles. The smallest absolute Gasteiger partial charge is 0.0733 e. The van der Waals surface area contributed by atoms with E-state index in [1.54, 1.807) is 12.3 Å². The number of benzene rings is 2. The van der Waals surface area contributed by atoms with Gasteiger partial charge in [-0.25, -0.2) is 0 Å². The van der Waals surface area contributed by atoms with E-state index in [0.29, 0.717) is 10.0 Å². The van der Waals surface area contributed by atoms with Gasteiger partial charge in [0.1, 0.15) is 0 Å². The third kappa shape index (κ3) is 2.74. The number of halogens is 2. The van der Waals surface area contributed by atoms with Gasteiger partial charge < -0.3 is 0 Å². The molecule has 1 nitrogen and oxygen atoms in total. The van der Waals surface area contributed by atoms with E-state index in [0.717, 1.165) is 22.4 Å². The Labute approximate surface area is 117 Å². The van der Waals surface area contributed by atoms with Gasteiger partial charge in [0.15, 0.2) is 0 Å². The van der Waals surface area contributed by atoms with E-state index >= 15 is 0 Å². The second-order valence-corrected chi connectivity index (χ2v) is 4.89. The molecule has 0 amide bonds. The molecule has 2 aromatic rings. The number of rotatable bonds is 2. The Kier molecular flexibility index (Phi) is 4.05. The number of hydrogen-bond donors (Lipinski definition) is 0. The van der Waals surface area contributed by atoms with Crippen LogP contribution in [0, 0.1) is 6.92 Å². The maximum atomic E-state index is 6.05. The molecule has 0 N–H and O–H groups in total. The summed E-state index contributed by atoms with van der Waals surface area (Å²) in [6, 6.07) is 11.6. The van der Waals surface area contributed by atoms with Gasteiger partial charge in [-0.3, -0.25) is 4.99 Å². The SMILES string of the molecule is CC=Nc1c(C)cccc1-c1cc(Cl)cc(Cl)c1. The largest absolute Gasteiger partial charge is 0.261 e. The van der Waals surface area contributed by atoms with Gasteiger partial charge in [0.05, 0.1) is 5.69 Å². The molecule has 0 bridgehead atoms. The zero-order valence-corrected chi connectivity index (χ0v) is 11.8. The lowest BCUT2D eigenvalue weighted by Crippen LogP contribution is -1.83. The number of aliphatic imine (C=N–C) groups is 1. The molecule has 0 aliphatic carbocycles. The summed E-state index contributed by atoms with van der Waals surface area (Å²) in [5, 5.41) is 1.26. The lowest BCUT2D eigenvalue weighted by atomic mass is 10.0. The molecule has 0 saturated carbocycles. The summed E-state index contributed by atoms with van der Waals surface area (Å²) in [6.45, 7) is 3.94. The third-order valence-electron chi connectivity index (χ3n) is 2.67. The van der Waals surface area contributed by atoms with Gasteiger partial charge in [0, 0.05) is 21.8 Å². The van der Waals surface area contributed by atoms with Gasteiger partial charge in [-0.15, -0.1) is 0 Å². The van der Waals surface area contributed by atoms with Gasteiger partial charge in [0.2, 0.25) is 0 Å². The fourth-order valence-corrected chi connectivity index (χ4v) is 2.43. The predicted molar refractivity (Wildman–Crippen MR) is 80.5 cm³/mol. The van der Waals surface area contributed by atoms with Crippen LogP contribution in [0.2, 0.25) is 10.0 Å². The van der Waals surface area contributed by atoms with Crippen molar-refractivity contribution in [1.82, 2.24) is 0 Å². The van der Waals surface area contributed by atoms with Crippen molar-refractivity contribution >= 4 is 35.1 Å². The third-order valence-corrected chi connectivity index (χ3v) is 3.11. The highest BCUT2D eigenvalue weighted by molar-refractivity contribution is 6.35. The molecule has 18 heavy (non-hydrogen) atoms. The minimum absolute atomic E-state index is 0.630. The van der Waals surface area contributed by atoms with E-state index in [4.69, 9.17) is 23.2 Å². The van der Waals surface area contributed by atoms with Crippen molar-refractivity contribution < 1.29 is 0 Å². The van der Waals surface area contributed by atoms with Gasteiger partial charge in [0.25, 0.3) is 0 Å². The zero-order chi connectivity index (χ0) is 13.1. The van der Waals surface area contributed by atoms with Crippen LogP contribution in [-0.4, -0.2) is 6.21 Å². The number of aryl methyl sites for hydroxylation is 1. The molecule has 0 aromatic heterocycles. The summed E-state index contributed by atoms with van der Waals surface area (Å²) in [6.07, 6.45) is 1.79. The molecule has 0 aliphatic rings. The molecule has 92 valence electrons. The van der Waals surface area contributed by atoms with Crippen LogP contribution in [-0.2, 0) is 0 Å². The lowest BCUT2D eigenvalue weighted by Gasteiger charge is -2.09. The first-order valence-corrected chi connectivity index (χ1v) is 6.42. The molecule has 2 aromatic carbocycles. The number of para-hydroxylation sites is 1. The van der Waals surface area contributed by atoms with Crippen molar-refractivity contribution in [2.45, 2.75) is 13.8 Å². The summed E-state index contributed by atoms with van der Waals surface area (Å²) in [5.74, 6) is 0. The van der Waals surface area contributed by atoms with Crippen LogP contribution >= 0.6 is 23.2 Å². The minimum Gasteiger partial charge on any atom is -0.261 e. The highest BCUT2D eigenvalue weighted by atomic mass is 35.5. The van der Waals surface area contributed by atoms with Crippen LogP contribution in [0.3, 0.4) is 0 Å². The van der Waals surface area contributed by atoms with E-state index in [1.807, 2.05) is 44.2 Å². The van der Waals surface area contributed by atoms with Crippen LogP contribution < -0.4 is 0 Å². The summed E-state index contributed by atoms with van der Waals surface area (Å²) in [5.41, 5.74) is 4.11. The van der Waals surface area contributed by atoms with Crippen molar-refractivity contribution in [2.75, 3.05) is 0 Å². The maximum absolute atomic E-state index is 6.05. The Morgan fingerprint density at radius 3 is 2.33 bits per heavy atom. The van der Waals surface area contributed by atoms with Gasteiger partial charge in [-0.1, -0.05) is 41.4 Å². The molecule has 0 radical (unpaired) electrons. The fraction of sp³-hybridized carbons (Fsp3) is 0.133. The minimum atomic E-state index is 0.630. The molecule has 0 atom stereocenters. The Bertz CT molecular complexity index is 583. The van der Waals surface area contributed by atoms with Crippen molar-refractivity contribution in [3.8, 4) is 11.1 Å². The fourth-order valence-electron chi connectivity index (χ4n) is 1.90. The number of nitrogens with zero attached hydrogens (tertiary/aromatic N) is 1. The first-order chi connectivity index (χ1) is 8.61. The zero-order valence-electron chi connectivity index (χ0n) is 10.2. The predicted octanol–water partition coefficient (Wildman–Crippen LogP) is 5.69. The van der Waals surface area contributed by atoms with Gasteiger partial charge in [-0.05, 0) is 43.2 Å².